The number of hydrogen-bond acceptors (Lipinski definition) is 3. The highest BCUT2D eigenvalue weighted by molar-refractivity contribution is 5.75. The lowest BCUT2D eigenvalue weighted by molar-refractivity contribution is -0.137. The molecule has 0 bridgehead atoms. The molecule has 6 heteroatoms. The van der Waals surface area contributed by atoms with Gasteiger partial charge >= 0.3 is 12.0 Å². The molecule has 0 aromatic heterocycles. The van der Waals surface area contributed by atoms with E-state index >= 15 is 0 Å². The van der Waals surface area contributed by atoms with Gasteiger partial charge in [0.2, 0.25) is 0 Å². The maximum Gasteiger partial charge on any atom is 0.317 e. The SMILES string of the molecule is CC(CCC(=O)O)NC(=O)N1CCCCC1CCO. The van der Waals surface area contributed by atoms with Crippen LogP contribution in [0.4, 0.5) is 4.79 Å². The molecule has 6 nitrogen and oxygen atoms in total. The fourth-order valence-corrected chi connectivity index (χ4v) is 2.42. The van der Waals surface area contributed by atoms with Gasteiger partial charge in [0, 0.05) is 31.7 Å². The van der Waals surface area contributed by atoms with Crippen LogP contribution in [0.25, 0.3) is 0 Å². The number of amides is 2. The minimum absolute atomic E-state index is 0.0571. The number of nitrogens with one attached hydrogen (secondary N) is 1. The van der Waals surface area contributed by atoms with Crippen LogP contribution in [0.5, 0.6) is 0 Å². The van der Waals surface area contributed by atoms with Crippen molar-refractivity contribution in [3.05, 3.63) is 0 Å². The third-order valence-corrected chi connectivity index (χ3v) is 3.51. The largest absolute Gasteiger partial charge is 0.481 e. The maximum absolute atomic E-state index is 12.1. The van der Waals surface area contributed by atoms with E-state index in [0.717, 1.165) is 19.3 Å². The van der Waals surface area contributed by atoms with Crippen molar-refractivity contribution in [2.45, 2.75) is 57.5 Å². The van der Waals surface area contributed by atoms with Crippen molar-refractivity contribution in [3.8, 4) is 0 Å². The molecule has 110 valence electrons. The average molecular weight is 272 g/mol. The zero-order valence-corrected chi connectivity index (χ0v) is 11.5. The van der Waals surface area contributed by atoms with Gasteiger partial charge in [-0.05, 0) is 39.0 Å². The number of aliphatic carboxylic acids is 1. The van der Waals surface area contributed by atoms with Crippen LogP contribution < -0.4 is 5.32 Å². The molecule has 0 aliphatic carbocycles. The van der Waals surface area contributed by atoms with E-state index in [2.05, 4.69) is 5.32 Å². The summed E-state index contributed by atoms with van der Waals surface area (Å²) in [5, 5.41) is 20.5. The van der Waals surface area contributed by atoms with Crippen molar-refractivity contribution in [1.82, 2.24) is 10.2 Å². The molecule has 1 saturated heterocycles. The van der Waals surface area contributed by atoms with Gasteiger partial charge in [-0.15, -0.1) is 0 Å². The Hall–Kier alpha value is -1.30. The fourth-order valence-electron chi connectivity index (χ4n) is 2.42. The second-order valence-corrected chi connectivity index (χ2v) is 5.14. The van der Waals surface area contributed by atoms with Crippen molar-refractivity contribution < 1.29 is 19.8 Å². The molecule has 2 amide bonds. The molecule has 1 heterocycles. The number of rotatable bonds is 6. The summed E-state index contributed by atoms with van der Waals surface area (Å²) in [4.78, 5) is 24.4. The number of carbonyl (C=O) groups is 2. The number of aliphatic hydroxyl groups excluding tert-OH is 1. The van der Waals surface area contributed by atoms with E-state index in [9.17, 15) is 9.59 Å². The predicted molar refractivity (Wildman–Crippen MR) is 70.9 cm³/mol. The third-order valence-electron chi connectivity index (χ3n) is 3.51. The van der Waals surface area contributed by atoms with Gasteiger partial charge in [-0.3, -0.25) is 4.79 Å². The Balaban J connectivity index is 2.43. The standard InChI is InChI=1S/C13H24N2O4/c1-10(5-6-12(17)18)14-13(19)15-8-3-2-4-11(15)7-9-16/h10-11,16H,2-9H2,1H3,(H,14,19)(H,17,18). The molecule has 1 fully saturated rings. The highest BCUT2D eigenvalue weighted by Gasteiger charge is 2.26. The number of likely N-dealkylation sites (tertiary alicyclic amines) is 1. The van der Waals surface area contributed by atoms with Crippen molar-refractivity contribution in [1.29, 1.82) is 0 Å². The van der Waals surface area contributed by atoms with E-state index in [4.69, 9.17) is 10.2 Å². The topological polar surface area (TPSA) is 89.9 Å². The number of carboxylic acid groups (broad SMARTS) is 1. The number of piperidine rings is 1. The lowest BCUT2D eigenvalue weighted by Crippen LogP contribution is -2.51. The van der Waals surface area contributed by atoms with Gasteiger partial charge in [0.05, 0.1) is 0 Å². The molecule has 2 atom stereocenters. The number of urea groups is 1. The van der Waals surface area contributed by atoms with E-state index in [0.29, 0.717) is 19.4 Å². The van der Waals surface area contributed by atoms with Crippen LogP contribution in [-0.2, 0) is 4.79 Å². The summed E-state index contributed by atoms with van der Waals surface area (Å²) in [5.41, 5.74) is 0. The van der Waals surface area contributed by atoms with Gasteiger partial charge in [-0.25, -0.2) is 4.79 Å². The zero-order valence-electron chi connectivity index (χ0n) is 11.5. The van der Waals surface area contributed by atoms with Gasteiger partial charge < -0.3 is 20.4 Å². The highest BCUT2D eigenvalue weighted by Crippen LogP contribution is 2.19. The van der Waals surface area contributed by atoms with Crippen LogP contribution in [0.2, 0.25) is 0 Å². The van der Waals surface area contributed by atoms with Gasteiger partial charge in [0.1, 0.15) is 0 Å². The number of nitrogens with zero attached hydrogens (tertiary/aromatic N) is 1. The smallest absolute Gasteiger partial charge is 0.317 e. The molecule has 3 N–H and O–H groups in total. The molecule has 19 heavy (non-hydrogen) atoms. The third kappa shape index (κ3) is 5.46. The molecule has 1 aliphatic heterocycles. The van der Waals surface area contributed by atoms with Crippen LogP contribution >= 0.6 is 0 Å². The van der Waals surface area contributed by atoms with E-state index in [1.807, 2.05) is 6.92 Å². The first-order valence-corrected chi connectivity index (χ1v) is 6.94. The molecular weight excluding hydrogens is 248 g/mol. The highest BCUT2D eigenvalue weighted by atomic mass is 16.4. The van der Waals surface area contributed by atoms with E-state index in [1.165, 1.54) is 0 Å². The first kappa shape index (κ1) is 15.8. The molecular formula is C13H24N2O4. The second kappa shape index (κ2) is 7.99. The molecule has 0 radical (unpaired) electrons. The van der Waals surface area contributed by atoms with Crippen molar-refractivity contribution in [2.24, 2.45) is 0 Å². The summed E-state index contributed by atoms with van der Waals surface area (Å²) in [6.45, 7) is 2.61. The Morgan fingerprint density at radius 2 is 2.16 bits per heavy atom. The van der Waals surface area contributed by atoms with E-state index < -0.39 is 5.97 Å². The van der Waals surface area contributed by atoms with Crippen molar-refractivity contribution in [2.75, 3.05) is 13.2 Å². The van der Waals surface area contributed by atoms with Gasteiger partial charge in [0.25, 0.3) is 0 Å². The molecule has 1 rings (SSSR count). The maximum atomic E-state index is 12.1. The van der Waals surface area contributed by atoms with Crippen LogP contribution in [0.15, 0.2) is 0 Å². The second-order valence-electron chi connectivity index (χ2n) is 5.14. The lowest BCUT2D eigenvalue weighted by Gasteiger charge is -2.36. The molecule has 0 saturated carbocycles. The zero-order chi connectivity index (χ0) is 14.3. The molecule has 0 aromatic carbocycles. The van der Waals surface area contributed by atoms with Crippen molar-refractivity contribution in [3.63, 3.8) is 0 Å². The fraction of sp³-hybridized carbons (Fsp3) is 0.846. The summed E-state index contributed by atoms with van der Waals surface area (Å²) in [7, 11) is 0. The quantitative estimate of drug-likeness (QED) is 0.677. The predicted octanol–water partition coefficient (Wildman–Crippen LogP) is 1.19. The molecule has 0 aromatic rings. The van der Waals surface area contributed by atoms with Crippen LogP contribution in [0.1, 0.15) is 45.4 Å². The Morgan fingerprint density at radius 1 is 1.42 bits per heavy atom. The first-order chi connectivity index (χ1) is 9.04. The Kier molecular flexibility index (Phi) is 6.62. The van der Waals surface area contributed by atoms with E-state index in [1.54, 1.807) is 4.90 Å². The number of carboxylic acids is 1. The minimum atomic E-state index is -0.850. The summed E-state index contributed by atoms with van der Waals surface area (Å²) in [6.07, 6.45) is 4.09. The van der Waals surface area contributed by atoms with Gasteiger partial charge in [-0.1, -0.05) is 0 Å². The summed E-state index contributed by atoms with van der Waals surface area (Å²) in [5.74, 6) is -0.850. The van der Waals surface area contributed by atoms with Crippen LogP contribution in [0.3, 0.4) is 0 Å². The van der Waals surface area contributed by atoms with Gasteiger partial charge in [-0.2, -0.15) is 0 Å². The van der Waals surface area contributed by atoms with Gasteiger partial charge in [0.15, 0.2) is 0 Å². The lowest BCUT2D eigenvalue weighted by atomic mass is 10.00. The van der Waals surface area contributed by atoms with E-state index in [-0.39, 0.29) is 31.1 Å². The molecule has 1 aliphatic rings. The van der Waals surface area contributed by atoms with Crippen LogP contribution in [-0.4, -0.2) is 52.3 Å². The number of aliphatic hydroxyl groups is 1. The number of carbonyl (C=O) groups excluding carboxylic acids is 1. The summed E-state index contributed by atoms with van der Waals surface area (Å²) in [6, 6.07) is -0.193. The normalized spacial score (nSPS) is 20.9. The van der Waals surface area contributed by atoms with Crippen LogP contribution in [0, 0.1) is 0 Å². The summed E-state index contributed by atoms with van der Waals surface area (Å²) < 4.78 is 0. The number of hydrogen-bond donors (Lipinski definition) is 3. The monoisotopic (exact) mass is 272 g/mol. The average Bonchev–Trinajstić information content (AvgIpc) is 2.37. The Bertz CT molecular complexity index is 307. The van der Waals surface area contributed by atoms with Crippen molar-refractivity contribution >= 4 is 12.0 Å². The first-order valence-electron chi connectivity index (χ1n) is 6.94. The summed E-state index contributed by atoms with van der Waals surface area (Å²) >= 11 is 0. The Morgan fingerprint density at radius 3 is 2.79 bits per heavy atom. The minimum Gasteiger partial charge on any atom is -0.481 e. The Labute approximate surface area is 113 Å². The molecule has 0 spiro atoms. The molecule has 2 unspecified atom stereocenters.